The number of hydrazone groups is 1. The molecule has 6 nitrogen and oxygen atoms in total. The average molecular weight is 410 g/mol. The van der Waals surface area contributed by atoms with Crippen molar-refractivity contribution in [1.29, 1.82) is 0 Å². The van der Waals surface area contributed by atoms with Crippen LogP contribution in [-0.2, 0) is 0 Å². The zero-order chi connectivity index (χ0) is 21.6. The molecule has 0 radical (unpaired) electrons. The zero-order valence-corrected chi connectivity index (χ0v) is 17.3. The monoisotopic (exact) mass is 410 g/mol. The van der Waals surface area contributed by atoms with Gasteiger partial charge in [0.1, 0.15) is 0 Å². The van der Waals surface area contributed by atoms with E-state index in [1.54, 1.807) is 24.4 Å². The van der Waals surface area contributed by atoms with Gasteiger partial charge in [0.15, 0.2) is 11.5 Å². The molecule has 0 spiro atoms. The minimum absolute atomic E-state index is 0.0780. The Morgan fingerprint density at radius 2 is 1.55 bits per heavy atom. The first-order valence-corrected chi connectivity index (χ1v) is 9.80. The molecule has 0 fully saturated rings. The summed E-state index contributed by atoms with van der Waals surface area (Å²) in [5.74, 6) is 0.848. The molecule has 0 unspecified atom stereocenters. The van der Waals surface area contributed by atoms with Crippen molar-refractivity contribution in [2.45, 2.75) is 6.92 Å². The van der Waals surface area contributed by atoms with E-state index in [0.29, 0.717) is 11.7 Å². The van der Waals surface area contributed by atoms with E-state index in [-0.39, 0.29) is 5.75 Å². The molecule has 31 heavy (non-hydrogen) atoms. The second-order valence-electron chi connectivity index (χ2n) is 7.00. The SMILES string of the molecule is COc1cc(/C=N\Nc2nc(-c3ccccc3)cc(-c3ccc(C)cc3)n2)ccc1O. The number of benzene rings is 3. The van der Waals surface area contributed by atoms with Crippen molar-refractivity contribution in [1.82, 2.24) is 9.97 Å². The summed E-state index contributed by atoms with van der Waals surface area (Å²) in [5, 5.41) is 14.0. The number of phenols is 1. The molecular formula is C25H22N4O2. The minimum Gasteiger partial charge on any atom is -0.504 e. The van der Waals surface area contributed by atoms with Crippen molar-refractivity contribution in [3.05, 3.63) is 90.0 Å². The molecule has 154 valence electrons. The van der Waals surface area contributed by atoms with Gasteiger partial charge in [0.25, 0.3) is 0 Å². The largest absolute Gasteiger partial charge is 0.504 e. The number of aromatic hydroxyl groups is 1. The molecule has 0 saturated heterocycles. The number of hydrogen-bond acceptors (Lipinski definition) is 6. The smallest absolute Gasteiger partial charge is 0.244 e. The van der Waals surface area contributed by atoms with Gasteiger partial charge in [-0.3, -0.25) is 0 Å². The van der Waals surface area contributed by atoms with Gasteiger partial charge in [-0.25, -0.2) is 15.4 Å². The lowest BCUT2D eigenvalue weighted by atomic mass is 10.1. The molecule has 0 atom stereocenters. The van der Waals surface area contributed by atoms with E-state index < -0.39 is 0 Å². The first kappa shape index (κ1) is 20.1. The number of aryl methyl sites for hydroxylation is 1. The summed E-state index contributed by atoms with van der Waals surface area (Å²) >= 11 is 0. The van der Waals surface area contributed by atoms with Crippen molar-refractivity contribution in [2.75, 3.05) is 12.5 Å². The van der Waals surface area contributed by atoms with Crippen LogP contribution in [0, 0.1) is 6.92 Å². The summed E-state index contributed by atoms with van der Waals surface area (Å²) in [5.41, 5.74) is 8.47. The predicted octanol–water partition coefficient (Wildman–Crippen LogP) is 5.28. The lowest BCUT2D eigenvalue weighted by Gasteiger charge is -2.09. The molecule has 6 heteroatoms. The van der Waals surface area contributed by atoms with Crippen LogP contribution < -0.4 is 10.2 Å². The maximum atomic E-state index is 9.73. The summed E-state index contributed by atoms with van der Waals surface area (Å²) in [6.07, 6.45) is 1.62. The first-order valence-electron chi connectivity index (χ1n) is 9.80. The molecule has 0 saturated carbocycles. The van der Waals surface area contributed by atoms with Crippen LogP contribution in [-0.4, -0.2) is 28.4 Å². The number of nitrogens with one attached hydrogen (secondary N) is 1. The summed E-state index contributed by atoms with van der Waals surface area (Å²) in [7, 11) is 1.50. The van der Waals surface area contributed by atoms with Gasteiger partial charge in [-0.15, -0.1) is 0 Å². The van der Waals surface area contributed by atoms with Gasteiger partial charge < -0.3 is 9.84 Å². The second kappa shape index (κ2) is 9.09. The number of rotatable bonds is 6. The molecule has 2 N–H and O–H groups in total. The molecule has 1 heterocycles. The van der Waals surface area contributed by atoms with Gasteiger partial charge in [-0.2, -0.15) is 5.10 Å². The Morgan fingerprint density at radius 3 is 2.23 bits per heavy atom. The molecule has 0 aliphatic rings. The van der Waals surface area contributed by atoms with Crippen LogP contribution in [0.4, 0.5) is 5.95 Å². The molecule has 1 aromatic heterocycles. The number of anilines is 1. The third-order valence-corrected chi connectivity index (χ3v) is 4.72. The summed E-state index contributed by atoms with van der Waals surface area (Å²) in [6, 6.07) is 25.1. The molecule has 3 aromatic carbocycles. The number of aromatic nitrogens is 2. The molecule has 0 aliphatic carbocycles. The fraction of sp³-hybridized carbons (Fsp3) is 0.0800. The highest BCUT2D eigenvalue weighted by Gasteiger charge is 2.08. The number of phenolic OH excluding ortho intramolecular Hbond substituents is 1. The van der Waals surface area contributed by atoms with Gasteiger partial charge in [0.05, 0.1) is 24.7 Å². The Hall–Kier alpha value is -4.19. The topological polar surface area (TPSA) is 79.6 Å². The van der Waals surface area contributed by atoms with Gasteiger partial charge in [-0.1, -0.05) is 60.2 Å². The van der Waals surface area contributed by atoms with Crippen molar-refractivity contribution < 1.29 is 9.84 Å². The van der Waals surface area contributed by atoms with E-state index in [9.17, 15) is 5.11 Å². The van der Waals surface area contributed by atoms with Crippen molar-refractivity contribution in [2.24, 2.45) is 5.10 Å². The Morgan fingerprint density at radius 1 is 0.871 bits per heavy atom. The van der Waals surface area contributed by atoms with Crippen molar-refractivity contribution >= 4 is 12.2 Å². The van der Waals surface area contributed by atoms with Crippen LogP contribution in [0.2, 0.25) is 0 Å². The van der Waals surface area contributed by atoms with E-state index >= 15 is 0 Å². The van der Waals surface area contributed by atoms with Crippen LogP contribution in [0.5, 0.6) is 11.5 Å². The number of nitrogens with zero attached hydrogens (tertiary/aromatic N) is 3. The normalized spacial score (nSPS) is 10.9. The maximum absolute atomic E-state index is 9.73. The fourth-order valence-corrected chi connectivity index (χ4v) is 3.07. The molecule has 4 aromatic rings. The standard InChI is InChI=1S/C25H22N4O2/c1-17-8-11-20(12-9-17)22-15-21(19-6-4-3-5-7-19)27-25(28-22)29-26-16-18-10-13-23(30)24(14-18)31-2/h3-16,30H,1-2H3,(H,27,28,29)/b26-16-. The molecule has 0 bridgehead atoms. The summed E-state index contributed by atoms with van der Waals surface area (Å²) in [4.78, 5) is 9.26. The van der Waals surface area contributed by atoms with E-state index in [0.717, 1.165) is 28.1 Å². The zero-order valence-electron chi connectivity index (χ0n) is 17.3. The maximum Gasteiger partial charge on any atom is 0.244 e. The van der Waals surface area contributed by atoms with Crippen LogP contribution in [0.25, 0.3) is 22.5 Å². The minimum atomic E-state index is 0.0780. The van der Waals surface area contributed by atoms with E-state index in [2.05, 4.69) is 39.6 Å². The van der Waals surface area contributed by atoms with Gasteiger partial charge in [-0.05, 0) is 36.8 Å². The fourth-order valence-electron chi connectivity index (χ4n) is 3.07. The highest BCUT2D eigenvalue weighted by Crippen LogP contribution is 2.26. The van der Waals surface area contributed by atoms with Gasteiger partial charge >= 0.3 is 0 Å². The van der Waals surface area contributed by atoms with E-state index in [1.807, 2.05) is 48.5 Å². The second-order valence-corrected chi connectivity index (χ2v) is 7.00. The van der Waals surface area contributed by atoms with Gasteiger partial charge in [0.2, 0.25) is 5.95 Å². The Labute approximate surface area is 180 Å². The molecule has 0 amide bonds. The highest BCUT2D eigenvalue weighted by molar-refractivity contribution is 5.81. The lowest BCUT2D eigenvalue weighted by Crippen LogP contribution is -2.00. The average Bonchev–Trinajstić information content (AvgIpc) is 2.81. The van der Waals surface area contributed by atoms with E-state index in [4.69, 9.17) is 4.74 Å². The molecule has 0 aliphatic heterocycles. The molecular weight excluding hydrogens is 388 g/mol. The third-order valence-electron chi connectivity index (χ3n) is 4.72. The third kappa shape index (κ3) is 4.87. The van der Waals surface area contributed by atoms with Crippen LogP contribution in [0.15, 0.2) is 84.0 Å². The first-order chi connectivity index (χ1) is 15.1. The predicted molar refractivity (Wildman–Crippen MR) is 124 cm³/mol. The Kier molecular flexibility index (Phi) is 5.89. The van der Waals surface area contributed by atoms with Gasteiger partial charge in [0, 0.05) is 11.1 Å². The number of methoxy groups -OCH3 is 1. The quantitative estimate of drug-likeness (QED) is 0.334. The number of ether oxygens (including phenoxy) is 1. The summed E-state index contributed by atoms with van der Waals surface area (Å²) < 4.78 is 5.13. The van der Waals surface area contributed by atoms with Crippen LogP contribution >= 0.6 is 0 Å². The lowest BCUT2D eigenvalue weighted by molar-refractivity contribution is 0.373. The number of hydrogen-bond donors (Lipinski definition) is 2. The summed E-state index contributed by atoms with van der Waals surface area (Å²) in [6.45, 7) is 2.05. The van der Waals surface area contributed by atoms with Crippen LogP contribution in [0.3, 0.4) is 0 Å². The van der Waals surface area contributed by atoms with Crippen molar-refractivity contribution in [3.63, 3.8) is 0 Å². The van der Waals surface area contributed by atoms with Crippen LogP contribution in [0.1, 0.15) is 11.1 Å². The Balaban J connectivity index is 1.66. The highest BCUT2D eigenvalue weighted by atomic mass is 16.5. The molecule has 4 rings (SSSR count). The van der Waals surface area contributed by atoms with E-state index in [1.165, 1.54) is 12.7 Å². The van der Waals surface area contributed by atoms with Crippen molar-refractivity contribution in [3.8, 4) is 34.0 Å². The Bertz CT molecular complexity index is 1210.